The van der Waals surface area contributed by atoms with Crippen molar-refractivity contribution < 1.29 is 13.2 Å². The van der Waals surface area contributed by atoms with Crippen LogP contribution in [0.25, 0.3) is 16.5 Å². The van der Waals surface area contributed by atoms with Crippen molar-refractivity contribution in [2.75, 3.05) is 11.5 Å². The molecule has 178 valence electrons. The molecule has 1 aliphatic heterocycles. The first-order valence-corrected chi connectivity index (χ1v) is 10.7. The average molecular weight is 499 g/mol. The number of aromatic nitrogens is 4. The van der Waals surface area contributed by atoms with E-state index in [2.05, 4.69) is 25.4 Å². The largest absolute Gasteiger partial charge is 0.383 e. The minimum atomic E-state index is -1.26. The lowest BCUT2D eigenvalue weighted by atomic mass is 10.1. The second kappa shape index (κ2) is 8.27. The number of fused-ring (bicyclic) bond motifs is 1. The molecule has 12 heteroatoms. The maximum atomic E-state index is 14.4. The SMILES string of the molecule is CC1(n2nc(Cc3c(F)ccc(F)c3F)c3cc(Cl)ccc32)N=CC(c2c(N)ncnc2N)=CN1. The van der Waals surface area contributed by atoms with Gasteiger partial charge in [-0.15, -0.1) is 0 Å². The number of anilines is 2. The zero-order valence-corrected chi connectivity index (χ0v) is 19.0. The molecule has 2 aromatic carbocycles. The molecular weight excluding hydrogens is 481 g/mol. The van der Waals surface area contributed by atoms with E-state index in [1.807, 2.05) is 0 Å². The molecule has 1 atom stereocenters. The first-order valence-electron chi connectivity index (χ1n) is 10.4. The molecule has 1 aliphatic rings. The lowest BCUT2D eigenvalue weighted by molar-refractivity contribution is 0.270. The van der Waals surface area contributed by atoms with Crippen molar-refractivity contribution in [3.63, 3.8) is 0 Å². The highest BCUT2D eigenvalue weighted by atomic mass is 35.5. The van der Waals surface area contributed by atoms with Crippen molar-refractivity contribution >= 4 is 45.9 Å². The Hall–Kier alpha value is -4.12. The minimum absolute atomic E-state index is 0.196. The summed E-state index contributed by atoms with van der Waals surface area (Å²) >= 11 is 6.19. The highest BCUT2D eigenvalue weighted by Gasteiger charge is 2.31. The fourth-order valence-electron chi connectivity index (χ4n) is 3.96. The van der Waals surface area contributed by atoms with E-state index in [0.717, 1.165) is 12.1 Å². The monoisotopic (exact) mass is 498 g/mol. The van der Waals surface area contributed by atoms with Gasteiger partial charge in [0.25, 0.3) is 0 Å². The van der Waals surface area contributed by atoms with E-state index in [4.69, 9.17) is 23.1 Å². The third kappa shape index (κ3) is 3.83. The predicted molar refractivity (Wildman–Crippen MR) is 128 cm³/mol. The number of hydrogen-bond acceptors (Lipinski definition) is 7. The van der Waals surface area contributed by atoms with Gasteiger partial charge >= 0.3 is 0 Å². The Morgan fingerprint density at radius 1 is 1.06 bits per heavy atom. The van der Waals surface area contributed by atoms with Gasteiger partial charge < -0.3 is 16.8 Å². The number of aliphatic imine (C=N–C) groups is 1. The van der Waals surface area contributed by atoms with Gasteiger partial charge in [-0.25, -0.2) is 32.8 Å². The van der Waals surface area contributed by atoms with Gasteiger partial charge in [0.1, 0.15) is 23.8 Å². The second-order valence-corrected chi connectivity index (χ2v) is 8.50. The molecule has 5 N–H and O–H groups in total. The van der Waals surface area contributed by atoms with E-state index < -0.39 is 28.8 Å². The Morgan fingerprint density at radius 2 is 1.77 bits per heavy atom. The van der Waals surface area contributed by atoms with Crippen molar-refractivity contribution in [1.82, 2.24) is 25.1 Å². The molecule has 35 heavy (non-hydrogen) atoms. The Bertz CT molecular complexity index is 1530. The number of nitrogens with one attached hydrogen (secondary N) is 1. The van der Waals surface area contributed by atoms with E-state index in [9.17, 15) is 13.2 Å². The quantitative estimate of drug-likeness (QED) is 0.366. The maximum Gasteiger partial charge on any atom is 0.223 e. The summed E-state index contributed by atoms with van der Waals surface area (Å²) in [5.41, 5.74) is 13.3. The van der Waals surface area contributed by atoms with Crippen LogP contribution in [-0.2, 0) is 12.2 Å². The van der Waals surface area contributed by atoms with E-state index in [1.165, 1.54) is 6.33 Å². The number of halogens is 4. The molecule has 0 radical (unpaired) electrons. The molecule has 3 heterocycles. The molecule has 2 aromatic heterocycles. The fourth-order valence-corrected chi connectivity index (χ4v) is 4.13. The topological polar surface area (TPSA) is 120 Å². The van der Waals surface area contributed by atoms with Gasteiger partial charge in [0.2, 0.25) is 5.79 Å². The predicted octanol–water partition coefficient (Wildman–Crippen LogP) is 4.00. The number of allylic oxidation sites excluding steroid dienone is 1. The van der Waals surface area contributed by atoms with E-state index in [1.54, 1.807) is 42.2 Å². The summed E-state index contributed by atoms with van der Waals surface area (Å²) in [6.07, 6.45) is 4.16. The lowest BCUT2D eigenvalue weighted by Crippen LogP contribution is -2.43. The summed E-state index contributed by atoms with van der Waals surface area (Å²) < 4.78 is 44.1. The van der Waals surface area contributed by atoms with E-state index >= 15 is 0 Å². The Balaban J connectivity index is 1.58. The van der Waals surface area contributed by atoms with Crippen LogP contribution in [-0.4, -0.2) is 26.0 Å². The highest BCUT2D eigenvalue weighted by molar-refractivity contribution is 6.31. The summed E-state index contributed by atoms with van der Waals surface area (Å²) in [7, 11) is 0. The second-order valence-electron chi connectivity index (χ2n) is 8.06. The van der Waals surface area contributed by atoms with Gasteiger partial charge in [-0.2, -0.15) is 5.10 Å². The van der Waals surface area contributed by atoms with Gasteiger partial charge in [0, 0.05) is 47.3 Å². The van der Waals surface area contributed by atoms with Crippen LogP contribution < -0.4 is 16.8 Å². The van der Waals surface area contributed by atoms with Gasteiger partial charge in [-0.05, 0) is 30.3 Å². The summed E-state index contributed by atoms with van der Waals surface area (Å²) in [5, 5.41) is 8.70. The van der Waals surface area contributed by atoms with E-state index in [0.29, 0.717) is 32.8 Å². The third-order valence-electron chi connectivity index (χ3n) is 5.76. The standard InChI is InChI=1S/C23H18ClF3N8/c1-23(32-8-11(9-33-23)19-21(28)30-10-31-22(19)29)35-18-5-2-12(24)6-14(18)17(34-35)7-13-15(25)3-4-16(26)20(13)27/h2-6,8-10,32H,7H2,1H3,(H4,28,29,30,31). The van der Waals surface area contributed by atoms with Crippen molar-refractivity contribution in [2.45, 2.75) is 19.1 Å². The number of nitrogens with zero attached hydrogens (tertiary/aromatic N) is 5. The van der Waals surface area contributed by atoms with Crippen LogP contribution in [0.5, 0.6) is 0 Å². The first-order chi connectivity index (χ1) is 16.7. The summed E-state index contributed by atoms with van der Waals surface area (Å²) in [6.45, 7) is 1.75. The fraction of sp³-hybridized carbons (Fsp3) is 0.130. The van der Waals surface area contributed by atoms with Crippen LogP contribution in [0.1, 0.15) is 23.7 Å². The van der Waals surface area contributed by atoms with Crippen LogP contribution in [0, 0.1) is 17.5 Å². The molecular formula is C23H18ClF3N8. The summed E-state index contributed by atoms with van der Waals surface area (Å²) in [6, 6.07) is 6.63. The zero-order chi connectivity index (χ0) is 24.9. The molecule has 0 aliphatic carbocycles. The Labute approximate surface area is 202 Å². The maximum absolute atomic E-state index is 14.4. The molecule has 1 unspecified atom stereocenters. The van der Waals surface area contributed by atoms with Crippen molar-refractivity contribution in [3.8, 4) is 0 Å². The molecule has 0 spiro atoms. The smallest absolute Gasteiger partial charge is 0.223 e. The summed E-state index contributed by atoms with van der Waals surface area (Å²) in [5.74, 6) is -4.02. The van der Waals surface area contributed by atoms with Gasteiger partial charge in [-0.3, -0.25) is 0 Å². The molecule has 0 saturated carbocycles. The van der Waals surface area contributed by atoms with Crippen LogP contribution in [0.15, 0.2) is 47.9 Å². The van der Waals surface area contributed by atoms with Gasteiger partial charge in [0.15, 0.2) is 11.6 Å². The zero-order valence-electron chi connectivity index (χ0n) is 18.2. The minimum Gasteiger partial charge on any atom is -0.383 e. The molecule has 0 saturated heterocycles. The van der Waals surface area contributed by atoms with Gasteiger partial charge in [-0.1, -0.05) is 11.6 Å². The summed E-state index contributed by atoms with van der Waals surface area (Å²) in [4.78, 5) is 12.5. The van der Waals surface area contributed by atoms with Crippen molar-refractivity contribution in [1.29, 1.82) is 0 Å². The lowest BCUT2D eigenvalue weighted by Gasteiger charge is -2.30. The number of rotatable bonds is 4. The average Bonchev–Trinajstić information content (AvgIpc) is 3.19. The number of nitrogen functional groups attached to an aromatic ring is 2. The highest BCUT2D eigenvalue weighted by Crippen LogP contribution is 2.32. The van der Waals surface area contributed by atoms with Crippen LogP contribution >= 0.6 is 11.6 Å². The molecule has 5 rings (SSSR count). The van der Waals surface area contributed by atoms with Crippen molar-refractivity contribution in [3.05, 3.63) is 82.2 Å². The normalized spacial score (nSPS) is 17.5. The molecule has 8 nitrogen and oxygen atoms in total. The van der Waals surface area contributed by atoms with E-state index in [-0.39, 0.29) is 18.1 Å². The van der Waals surface area contributed by atoms with Crippen LogP contribution in [0.4, 0.5) is 24.8 Å². The number of hydrogen-bond donors (Lipinski definition) is 3. The molecule has 4 aromatic rings. The molecule has 0 fully saturated rings. The number of benzene rings is 2. The molecule has 0 amide bonds. The third-order valence-corrected chi connectivity index (χ3v) is 6.00. The van der Waals surface area contributed by atoms with Crippen molar-refractivity contribution in [2.24, 2.45) is 4.99 Å². The Morgan fingerprint density at radius 3 is 2.46 bits per heavy atom. The van der Waals surface area contributed by atoms with Crippen LogP contribution in [0.3, 0.4) is 0 Å². The first kappa shape index (κ1) is 22.7. The molecule has 0 bridgehead atoms. The Kier molecular flexibility index (Phi) is 5.36. The van der Waals surface area contributed by atoms with Crippen LogP contribution in [0.2, 0.25) is 5.02 Å². The van der Waals surface area contributed by atoms with Gasteiger partial charge in [0.05, 0.1) is 16.8 Å². The number of nitrogens with two attached hydrogens (primary N) is 2.